The van der Waals surface area contributed by atoms with Gasteiger partial charge in [-0.3, -0.25) is 0 Å². The van der Waals surface area contributed by atoms with E-state index in [1.807, 2.05) is 12.1 Å². The van der Waals surface area contributed by atoms with Crippen molar-refractivity contribution in [2.75, 3.05) is 0 Å². The van der Waals surface area contributed by atoms with Crippen LogP contribution in [0.1, 0.15) is 0 Å². The van der Waals surface area contributed by atoms with Crippen molar-refractivity contribution in [2.24, 2.45) is 0 Å². The van der Waals surface area contributed by atoms with Crippen molar-refractivity contribution in [3.05, 3.63) is 29.6 Å². The Morgan fingerprint density at radius 3 is 3.20 bits per heavy atom. The van der Waals surface area contributed by atoms with E-state index < -0.39 is 0 Å². The van der Waals surface area contributed by atoms with Crippen LogP contribution in [-0.4, -0.2) is 5.11 Å². The second kappa shape index (κ2) is 1.99. The second-order valence-corrected chi connectivity index (χ2v) is 2.97. The maximum Gasteiger partial charge on any atom is 0.117 e. The van der Waals surface area contributed by atoms with Crippen LogP contribution in [0.5, 0.6) is 5.75 Å². The number of benzene rings is 1. The summed E-state index contributed by atoms with van der Waals surface area (Å²) >= 11 is 1.52. The van der Waals surface area contributed by atoms with E-state index in [2.05, 4.69) is 5.38 Å². The Morgan fingerprint density at radius 2 is 2.30 bits per heavy atom. The summed E-state index contributed by atoms with van der Waals surface area (Å²) in [5.41, 5.74) is 0. The largest absolute Gasteiger partial charge is 0.508 e. The lowest BCUT2D eigenvalue weighted by atomic mass is 10.2. The van der Waals surface area contributed by atoms with Gasteiger partial charge in [-0.2, -0.15) is 0 Å². The zero-order valence-corrected chi connectivity index (χ0v) is 5.98. The number of phenols is 1. The van der Waals surface area contributed by atoms with Gasteiger partial charge in [0.05, 0.1) is 0 Å². The molecule has 0 unspecified atom stereocenters. The highest BCUT2D eigenvalue weighted by Crippen LogP contribution is 2.23. The Balaban J connectivity index is 2.86. The van der Waals surface area contributed by atoms with Crippen molar-refractivity contribution in [1.29, 1.82) is 0 Å². The van der Waals surface area contributed by atoms with E-state index >= 15 is 0 Å². The van der Waals surface area contributed by atoms with Crippen LogP contribution in [-0.2, 0) is 0 Å². The smallest absolute Gasteiger partial charge is 0.117 e. The molecule has 0 aliphatic carbocycles. The molecule has 1 aromatic carbocycles. The minimum atomic E-state index is 0.323. The molecule has 1 heterocycles. The van der Waals surface area contributed by atoms with Crippen LogP contribution in [0.4, 0.5) is 0 Å². The van der Waals surface area contributed by atoms with Crippen LogP contribution in [0.25, 0.3) is 10.1 Å². The summed E-state index contributed by atoms with van der Waals surface area (Å²) in [5.74, 6) is 0.323. The Kier molecular flexibility index (Phi) is 1.14. The fraction of sp³-hybridized carbons (Fsp3) is 0. The molecule has 0 saturated carbocycles. The Hall–Kier alpha value is -1.02. The SMILES string of the molecule is Oc1ccc2c[c]sc2c1. The van der Waals surface area contributed by atoms with Gasteiger partial charge in [0.25, 0.3) is 0 Å². The van der Waals surface area contributed by atoms with Gasteiger partial charge in [0.1, 0.15) is 5.75 Å². The predicted molar refractivity (Wildman–Crippen MR) is 42.3 cm³/mol. The normalized spacial score (nSPS) is 10.4. The van der Waals surface area contributed by atoms with Crippen LogP contribution in [0, 0.1) is 5.38 Å². The highest BCUT2D eigenvalue weighted by molar-refractivity contribution is 7.16. The fourth-order valence-corrected chi connectivity index (χ4v) is 1.62. The van der Waals surface area contributed by atoms with Crippen LogP contribution >= 0.6 is 11.3 Å². The lowest BCUT2D eigenvalue weighted by Crippen LogP contribution is -1.61. The van der Waals surface area contributed by atoms with Gasteiger partial charge in [-0.05, 0) is 29.7 Å². The average Bonchev–Trinajstić information content (AvgIpc) is 2.33. The molecule has 0 bridgehead atoms. The number of rotatable bonds is 0. The van der Waals surface area contributed by atoms with E-state index in [4.69, 9.17) is 5.11 Å². The van der Waals surface area contributed by atoms with Gasteiger partial charge in [-0.1, -0.05) is 0 Å². The average molecular weight is 149 g/mol. The molecule has 2 heteroatoms. The van der Waals surface area contributed by atoms with E-state index in [-0.39, 0.29) is 0 Å². The van der Waals surface area contributed by atoms with Crippen molar-refractivity contribution in [3.8, 4) is 5.75 Å². The number of aromatic hydroxyl groups is 1. The summed E-state index contributed by atoms with van der Waals surface area (Å²) in [5, 5.41) is 13.2. The van der Waals surface area contributed by atoms with E-state index in [0.29, 0.717) is 5.75 Å². The zero-order chi connectivity index (χ0) is 6.97. The third-order valence-corrected chi connectivity index (χ3v) is 2.19. The molecule has 1 nitrogen and oxygen atoms in total. The number of fused-ring (bicyclic) bond motifs is 1. The molecule has 0 amide bonds. The summed E-state index contributed by atoms with van der Waals surface area (Å²) in [6, 6.07) is 7.23. The lowest BCUT2D eigenvalue weighted by molar-refractivity contribution is 0.476. The molecule has 0 fully saturated rings. The predicted octanol–water partition coefficient (Wildman–Crippen LogP) is 2.41. The summed E-state index contributed by atoms with van der Waals surface area (Å²) in [4.78, 5) is 0. The van der Waals surface area contributed by atoms with Crippen LogP contribution < -0.4 is 0 Å². The van der Waals surface area contributed by atoms with Crippen molar-refractivity contribution < 1.29 is 5.11 Å². The molecule has 1 radical (unpaired) electrons. The third-order valence-electron chi connectivity index (χ3n) is 1.38. The van der Waals surface area contributed by atoms with E-state index in [9.17, 15) is 0 Å². The van der Waals surface area contributed by atoms with Crippen LogP contribution in [0.2, 0.25) is 0 Å². The van der Waals surface area contributed by atoms with Crippen molar-refractivity contribution in [3.63, 3.8) is 0 Å². The second-order valence-electron chi connectivity index (χ2n) is 2.09. The molecule has 10 heavy (non-hydrogen) atoms. The molecule has 0 aliphatic rings. The van der Waals surface area contributed by atoms with Gasteiger partial charge in [0.15, 0.2) is 0 Å². The molecule has 0 atom stereocenters. The first-order valence-electron chi connectivity index (χ1n) is 2.95. The van der Waals surface area contributed by atoms with Crippen molar-refractivity contribution >= 4 is 21.4 Å². The molecule has 1 aromatic heterocycles. The van der Waals surface area contributed by atoms with Gasteiger partial charge in [0, 0.05) is 10.1 Å². The summed E-state index contributed by atoms with van der Waals surface area (Å²) in [6.45, 7) is 0. The Morgan fingerprint density at radius 1 is 1.40 bits per heavy atom. The third kappa shape index (κ3) is 0.772. The van der Waals surface area contributed by atoms with Crippen LogP contribution in [0.3, 0.4) is 0 Å². The highest BCUT2D eigenvalue weighted by Gasteiger charge is 1.93. The van der Waals surface area contributed by atoms with Gasteiger partial charge in [-0.25, -0.2) is 0 Å². The quantitative estimate of drug-likeness (QED) is 0.609. The number of hydrogen-bond acceptors (Lipinski definition) is 2. The van der Waals surface area contributed by atoms with Gasteiger partial charge < -0.3 is 5.11 Å². The molecule has 0 aliphatic heterocycles. The summed E-state index contributed by atoms with van der Waals surface area (Å²) in [6.07, 6.45) is 0. The fourth-order valence-electron chi connectivity index (χ4n) is 0.887. The first kappa shape index (κ1) is 5.74. The minimum absolute atomic E-state index is 0.323. The Labute approximate surface area is 62.5 Å². The number of hydrogen-bond donors (Lipinski definition) is 1. The van der Waals surface area contributed by atoms with E-state index in [1.165, 1.54) is 11.3 Å². The van der Waals surface area contributed by atoms with Crippen molar-refractivity contribution in [2.45, 2.75) is 0 Å². The summed E-state index contributed by atoms with van der Waals surface area (Å²) in [7, 11) is 0. The summed E-state index contributed by atoms with van der Waals surface area (Å²) < 4.78 is 1.08. The molecular formula is C8H5OS. The topological polar surface area (TPSA) is 20.2 Å². The maximum absolute atomic E-state index is 9.04. The molecule has 2 rings (SSSR count). The molecule has 1 N–H and O–H groups in total. The van der Waals surface area contributed by atoms with Gasteiger partial charge in [0.2, 0.25) is 0 Å². The van der Waals surface area contributed by atoms with E-state index in [0.717, 1.165) is 10.1 Å². The zero-order valence-electron chi connectivity index (χ0n) is 5.16. The van der Waals surface area contributed by atoms with Gasteiger partial charge in [-0.15, -0.1) is 11.3 Å². The molecular weight excluding hydrogens is 144 g/mol. The van der Waals surface area contributed by atoms with E-state index in [1.54, 1.807) is 12.1 Å². The number of phenolic OH excluding ortho intramolecular Hbond substituents is 1. The first-order valence-corrected chi connectivity index (χ1v) is 3.76. The standard InChI is InChI=1S/C8H5OS/c9-7-2-1-6-3-4-10-8(6)5-7/h1-3,5,9H. The Bertz CT molecular complexity index is 351. The monoisotopic (exact) mass is 149 g/mol. The van der Waals surface area contributed by atoms with Crippen molar-refractivity contribution in [1.82, 2.24) is 0 Å². The molecule has 49 valence electrons. The lowest BCUT2D eigenvalue weighted by Gasteiger charge is -1.89. The van der Waals surface area contributed by atoms with Crippen LogP contribution in [0.15, 0.2) is 24.3 Å². The first-order chi connectivity index (χ1) is 4.86. The van der Waals surface area contributed by atoms with Gasteiger partial charge >= 0.3 is 0 Å². The molecule has 2 aromatic rings. The minimum Gasteiger partial charge on any atom is -0.508 e. The highest BCUT2D eigenvalue weighted by atomic mass is 32.1. The maximum atomic E-state index is 9.04. The number of thiophene rings is 1. The molecule has 0 spiro atoms. The molecule has 0 saturated heterocycles.